The molecule has 1 aliphatic rings. The largest absolute Gasteiger partial charge is 0.494 e. The first-order chi connectivity index (χ1) is 15.8. The molecule has 0 saturated carbocycles. The Bertz CT molecular complexity index is 1200. The minimum Gasteiger partial charge on any atom is -0.494 e. The summed E-state index contributed by atoms with van der Waals surface area (Å²) in [5.41, 5.74) is 0.588. The van der Waals surface area contributed by atoms with Crippen LogP contribution in [0.25, 0.3) is 16.8 Å². The van der Waals surface area contributed by atoms with Gasteiger partial charge in [-0.3, -0.25) is 0 Å². The van der Waals surface area contributed by atoms with Crippen LogP contribution in [0.1, 0.15) is 17.8 Å². The molecule has 1 heterocycles. The lowest BCUT2D eigenvalue weighted by Crippen LogP contribution is -2.16. The lowest BCUT2D eigenvalue weighted by Gasteiger charge is -2.18. The quantitative estimate of drug-likeness (QED) is 0.292. The first kappa shape index (κ1) is 22.9. The Balaban J connectivity index is 1.56. The summed E-state index contributed by atoms with van der Waals surface area (Å²) < 4.78 is 66.2. The van der Waals surface area contributed by atoms with Crippen molar-refractivity contribution in [1.29, 1.82) is 0 Å². The van der Waals surface area contributed by atoms with E-state index in [1.807, 2.05) is 6.08 Å². The predicted molar refractivity (Wildman–Crippen MR) is 118 cm³/mol. The number of hydrogen-bond acceptors (Lipinski definition) is 3. The minimum absolute atomic E-state index is 0.131. The van der Waals surface area contributed by atoms with E-state index >= 15 is 0 Å². The van der Waals surface area contributed by atoms with Gasteiger partial charge in [-0.15, -0.1) is 11.6 Å². The summed E-state index contributed by atoms with van der Waals surface area (Å²) in [4.78, 5) is 0. The highest BCUT2D eigenvalue weighted by atomic mass is 35.5. The fourth-order valence-electron chi connectivity index (χ4n) is 3.46. The molecule has 0 fully saturated rings. The van der Waals surface area contributed by atoms with Crippen LogP contribution < -0.4 is 9.47 Å². The van der Waals surface area contributed by atoms with Crippen LogP contribution >= 0.6 is 11.6 Å². The normalized spacial score (nSPS) is 15.9. The number of hydrogen-bond donors (Lipinski definition) is 0. The van der Waals surface area contributed by atoms with E-state index in [9.17, 15) is 17.6 Å². The first-order valence-electron chi connectivity index (χ1n) is 10.0. The molecule has 33 heavy (non-hydrogen) atoms. The Morgan fingerprint density at radius 3 is 2.58 bits per heavy atom. The summed E-state index contributed by atoms with van der Waals surface area (Å²) >= 11 is 6.30. The molecule has 0 N–H and O–H groups in total. The molecule has 1 aromatic heterocycles. The van der Waals surface area contributed by atoms with Gasteiger partial charge in [0.25, 0.3) is 0 Å². The summed E-state index contributed by atoms with van der Waals surface area (Å²) in [6.07, 6.45) is 1.07. The van der Waals surface area contributed by atoms with Gasteiger partial charge < -0.3 is 9.47 Å². The van der Waals surface area contributed by atoms with E-state index in [2.05, 4.69) is 5.10 Å². The molecule has 0 spiro atoms. The zero-order chi connectivity index (χ0) is 23.6. The van der Waals surface area contributed by atoms with Crippen LogP contribution in [0.15, 0.2) is 66.8 Å². The van der Waals surface area contributed by atoms with Crippen LogP contribution in [0.5, 0.6) is 11.5 Å². The molecule has 1 atom stereocenters. The van der Waals surface area contributed by atoms with E-state index in [-0.39, 0.29) is 18.1 Å². The third kappa shape index (κ3) is 4.90. The van der Waals surface area contributed by atoms with E-state index < -0.39 is 23.1 Å². The van der Waals surface area contributed by atoms with Gasteiger partial charge in [-0.1, -0.05) is 36.4 Å². The third-order valence-electron chi connectivity index (χ3n) is 5.12. The topological polar surface area (TPSA) is 36.3 Å². The number of nitrogens with zero attached hydrogens (tertiary/aromatic N) is 2. The van der Waals surface area contributed by atoms with E-state index in [0.717, 1.165) is 6.07 Å². The number of ether oxygens (including phenoxy) is 2. The van der Waals surface area contributed by atoms with Crippen LogP contribution in [0.3, 0.4) is 0 Å². The van der Waals surface area contributed by atoms with Crippen molar-refractivity contribution in [2.45, 2.75) is 24.6 Å². The van der Waals surface area contributed by atoms with Crippen molar-refractivity contribution < 1.29 is 27.0 Å². The SMILES string of the molecule is COc1cccc(-c2ccc(OCc3cc(C(F)(F)F)nn3C3=CC=CCC3Cl)cc2)c1F. The number of halogens is 5. The van der Waals surface area contributed by atoms with Crippen LogP contribution in [-0.2, 0) is 12.8 Å². The highest BCUT2D eigenvalue weighted by molar-refractivity contribution is 6.25. The van der Waals surface area contributed by atoms with Gasteiger partial charge in [0, 0.05) is 5.56 Å². The molecule has 0 aliphatic heterocycles. The Kier molecular flexibility index (Phi) is 6.47. The summed E-state index contributed by atoms with van der Waals surface area (Å²) in [6.45, 7) is -0.166. The molecule has 9 heteroatoms. The third-order valence-corrected chi connectivity index (χ3v) is 5.52. The zero-order valence-electron chi connectivity index (χ0n) is 17.4. The van der Waals surface area contributed by atoms with Gasteiger partial charge in [-0.05, 0) is 42.3 Å². The molecular weight excluding hydrogens is 460 g/mol. The highest BCUT2D eigenvalue weighted by Crippen LogP contribution is 2.33. The number of benzene rings is 2. The van der Waals surface area contributed by atoms with Gasteiger partial charge in [-0.25, -0.2) is 9.07 Å². The van der Waals surface area contributed by atoms with Gasteiger partial charge in [-0.2, -0.15) is 18.3 Å². The molecule has 4 rings (SSSR count). The fourth-order valence-corrected chi connectivity index (χ4v) is 3.73. The van der Waals surface area contributed by atoms with Gasteiger partial charge in [0.1, 0.15) is 12.4 Å². The summed E-state index contributed by atoms with van der Waals surface area (Å²) in [7, 11) is 1.39. The van der Waals surface area contributed by atoms with Crippen molar-refractivity contribution in [2.24, 2.45) is 0 Å². The molecule has 0 saturated heterocycles. The number of methoxy groups -OCH3 is 1. The van der Waals surface area contributed by atoms with Gasteiger partial charge in [0.15, 0.2) is 17.3 Å². The Morgan fingerprint density at radius 2 is 1.91 bits per heavy atom. The number of alkyl halides is 4. The molecule has 1 aliphatic carbocycles. The molecule has 4 nitrogen and oxygen atoms in total. The van der Waals surface area contributed by atoms with E-state index in [1.54, 1.807) is 48.6 Å². The van der Waals surface area contributed by atoms with E-state index in [0.29, 0.717) is 29.0 Å². The van der Waals surface area contributed by atoms with Crippen molar-refractivity contribution >= 4 is 17.3 Å². The maximum Gasteiger partial charge on any atom is 0.435 e. The second kappa shape index (κ2) is 9.31. The van der Waals surface area contributed by atoms with Crippen LogP contribution in [0, 0.1) is 5.82 Å². The van der Waals surface area contributed by atoms with Crippen LogP contribution in [-0.4, -0.2) is 22.3 Å². The first-order valence-corrected chi connectivity index (χ1v) is 10.4. The van der Waals surface area contributed by atoms with Gasteiger partial charge >= 0.3 is 6.18 Å². The van der Waals surface area contributed by atoms with Crippen molar-refractivity contribution in [3.05, 3.63) is 84.0 Å². The molecule has 172 valence electrons. The minimum atomic E-state index is -4.60. The standard InChI is InChI=1S/C24H19ClF4N2O2/c1-32-21-8-4-5-18(23(21)26)15-9-11-17(12-10-15)33-14-16-13-22(24(27,28)29)30-31(16)20-7-3-2-6-19(20)25/h2-5,7-13,19H,6,14H2,1H3. The van der Waals surface area contributed by atoms with Gasteiger partial charge in [0.05, 0.1) is 23.9 Å². The monoisotopic (exact) mass is 478 g/mol. The maximum atomic E-state index is 14.5. The van der Waals surface area contributed by atoms with E-state index in [4.69, 9.17) is 21.1 Å². The molecule has 0 amide bonds. The average molecular weight is 479 g/mol. The molecule has 0 bridgehead atoms. The molecule has 2 aromatic carbocycles. The zero-order valence-corrected chi connectivity index (χ0v) is 18.2. The fraction of sp³-hybridized carbons (Fsp3) is 0.208. The summed E-state index contributed by atoms with van der Waals surface area (Å²) in [6, 6.07) is 12.3. The predicted octanol–water partition coefficient (Wildman–Crippen LogP) is 6.70. The average Bonchev–Trinajstić information content (AvgIpc) is 3.23. The van der Waals surface area contributed by atoms with E-state index in [1.165, 1.54) is 17.9 Å². The highest BCUT2D eigenvalue weighted by Gasteiger charge is 2.36. The smallest absolute Gasteiger partial charge is 0.435 e. The Morgan fingerprint density at radius 1 is 1.15 bits per heavy atom. The van der Waals surface area contributed by atoms with Crippen LogP contribution in [0.2, 0.25) is 0 Å². The van der Waals surface area contributed by atoms with Crippen molar-refractivity contribution in [3.8, 4) is 22.6 Å². The lowest BCUT2D eigenvalue weighted by atomic mass is 10.0. The number of rotatable bonds is 6. The number of aromatic nitrogens is 2. The Hall–Kier alpha value is -3.26. The molecular formula is C24H19ClF4N2O2. The lowest BCUT2D eigenvalue weighted by molar-refractivity contribution is -0.141. The van der Waals surface area contributed by atoms with Crippen molar-refractivity contribution in [2.75, 3.05) is 7.11 Å². The number of allylic oxidation sites excluding steroid dienone is 4. The summed E-state index contributed by atoms with van der Waals surface area (Å²) in [5.74, 6) is 0.0528. The molecule has 1 unspecified atom stereocenters. The second-order valence-electron chi connectivity index (χ2n) is 7.29. The van der Waals surface area contributed by atoms with Crippen LogP contribution in [0.4, 0.5) is 17.6 Å². The van der Waals surface area contributed by atoms with Crippen molar-refractivity contribution in [3.63, 3.8) is 0 Å². The Labute approximate surface area is 192 Å². The molecule has 3 aromatic rings. The van der Waals surface area contributed by atoms with Crippen molar-refractivity contribution in [1.82, 2.24) is 9.78 Å². The van der Waals surface area contributed by atoms with Gasteiger partial charge in [0.2, 0.25) is 0 Å². The maximum absolute atomic E-state index is 14.5. The summed E-state index contributed by atoms with van der Waals surface area (Å²) in [5, 5.41) is 3.21. The molecule has 0 radical (unpaired) electrons. The second-order valence-corrected chi connectivity index (χ2v) is 7.82.